The van der Waals surface area contributed by atoms with Gasteiger partial charge < -0.3 is 5.32 Å². The van der Waals surface area contributed by atoms with Gasteiger partial charge in [0.25, 0.3) is 0 Å². The molecule has 0 aromatic rings. The minimum absolute atomic E-state index is 0.247. The zero-order chi connectivity index (χ0) is 9.60. The second kappa shape index (κ2) is 3.06. The average Bonchev–Trinajstić information content (AvgIpc) is 2.16. The monoisotopic (exact) mass is 193 g/mol. The van der Waals surface area contributed by atoms with Gasteiger partial charge in [-0.1, -0.05) is 6.42 Å². The molecule has 2 saturated carbocycles. The summed E-state index contributed by atoms with van der Waals surface area (Å²) in [5.41, 5.74) is 0.247. The molecular formula is C12H19NO. The molecule has 0 aromatic heterocycles. The Kier molecular flexibility index (Phi) is 1.94. The first-order chi connectivity index (χ1) is 6.80. The molecule has 1 saturated heterocycles. The molecule has 1 N–H and O–H groups in total. The molecule has 3 aliphatic rings. The second-order valence-electron chi connectivity index (χ2n) is 5.40. The van der Waals surface area contributed by atoms with Gasteiger partial charge in [-0.3, -0.25) is 4.79 Å². The maximum atomic E-state index is 11.7. The molecule has 2 nitrogen and oxygen atoms in total. The maximum absolute atomic E-state index is 11.7. The molecule has 3 unspecified atom stereocenters. The molecule has 0 radical (unpaired) electrons. The molecule has 2 aliphatic carbocycles. The minimum atomic E-state index is 0.247. The maximum Gasteiger partial charge on any atom is 0.135 e. The number of carbonyl (C=O) groups excluding carboxylic acids is 1. The third-order valence-electron chi connectivity index (χ3n) is 4.65. The summed E-state index contributed by atoms with van der Waals surface area (Å²) >= 11 is 0. The third-order valence-corrected chi connectivity index (χ3v) is 4.65. The van der Waals surface area contributed by atoms with Crippen LogP contribution in [0, 0.1) is 11.8 Å². The van der Waals surface area contributed by atoms with Crippen LogP contribution in [0.2, 0.25) is 0 Å². The molecule has 78 valence electrons. The molecule has 3 fully saturated rings. The number of nitrogens with one attached hydrogen (secondary N) is 1. The molecular weight excluding hydrogens is 174 g/mol. The summed E-state index contributed by atoms with van der Waals surface area (Å²) < 4.78 is 0. The fraction of sp³-hybridized carbons (Fsp3) is 0.917. The standard InChI is InChI=1S/C12H19NO/c14-10-7-9-3-1-5-12(8-10)11(9)4-2-6-13-12/h9,11,13H,1-8H2. The van der Waals surface area contributed by atoms with Gasteiger partial charge in [-0.05, 0) is 44.1 Å². The van der Waals surface area contributed by atoms with Crippen molar-refractivity contribution in [3.05, 3.63) is 0 Å². The normalized spacial score (nSPS) is 47.3. The van der Waals surface area contributed by atoms with Crippen LogP contribution in [0.5, 0.6) is 0 Å². The van der Waals surface area contributed by atoms with E-state index in [1.807, 2.05) is 0 Å². The first-order valence-corrected chi connectivity index (χ1v) is 6.07. The van der Waals surface area contributed by atoms with Gasteiger partial charge in [-0.2, -0.15) is 0 Å². The smallest absolute Gasteiger partial charge is 0.135 e. The van der Waals surface area contributed by atoms with Crippen molar-refractivity contribution in [3.63, 3.8) is 0 Å². The highest BCUT2D eigenvalue weighted by Crippen LogP contribution is 2.49. The third kappa shape index (κ3) is 1.16. The van der Waals surface area contributed by atoms with E-state index >= 15 is 0 Å². The van der Waals surface area contributed by atoms with Crippen LogP contribution in [-0.2, 0) is 4.79 Å². The van der Waals surface area contributed by atoms with Gasteiger partial charge in [-0.15, -0.1) is 0 Å². The SMILES string of the molecule is O=C1CC2CCCC3(C1)NCCCC23. The zero-order valence-corrected chi connectivity index (χ0v) is 8.72. The molecule has 3 atom stereocenters. The summed E-state index contributed by atoms with van der Waals surface area (Å²) in [7, 11) is 0. The zero-order valence-electron chi connectivity index (χ0n) is 8.72. The number of rotatable bonds is 0. The molecule has 0 spiro atoms. The number of carbonyl (C=O) groups is 1. The lowest BCUT2D eigenvalue weighted by Gasteiger charge is -2.54. The lowest BCUT2D eigenvalue weighted by atomic mass is 9.57. The minimum Gasteiger partial charge on any atom is -0.311 e. The molecule has 2 heteroatoms. The Hall–Kier alpha value is -0.370. The van der Waals surface area contributed by atoms with Crippen LogP contribution >= 0.6 is 0 Å². The van der Waals surface area contributed by atoms with Gasteiger partial charge in [0.1, 0.15) is 5.78 Å². The molecule has 0 aromatic carbocycles. The van der Waals surface area contributed by atoms with Gasteiger partial charge in [0.15, 0.2) is 0 Å². The van der Waals surface area contributed by atoms with Gasteiger partial charge in [0.05, 0.1) is 0 Å². The fourth-order valence-corrected chi connectivity index (χ4v) is 4.15. The van der Waals surface area contributed by atoms with Crippen LogP contribution < -0.4 is 5.32 Å². The predicted molar refractivity (Wildman–Crippen MR) is 55.0 cm³/mol. The van der Waals surface area contributed by atoms with Crippen molar-refractivity contribution >= 4 is 5.78 Å². The van der Waals surface area contributed by atoms with Crippen LogP contribution in [0.3, 0.4) is 0 Å². The summed E-state index contributed by atoms with van der Waals surface area (Å²) in [6.07, 6.45) is 8.28. The van der Waals surface area contributed by atoms with Crippen molar-refractivity contribution in [2.45, 2.75) is 50.5 Å². The molecule has 3 rings (SSSR count). The highest BCUT2D eigenvalue weighted by molar-refractivity contribution is 5.81. The van der Waals surface area contributed by atoms with E-state index in [4.69, 9.17) is 0 Å². The van der Waals surface area contributed by atoms with Crippen molar-refractivity contribution in [2.24, 2.45) is 11.8 Å². The average molecular weight is 193 g/mol. The highest BCUT2D eigenvalue weighted by atomic mass is 16.1. The first-order valence-electron chi connectivity index (χ1n) is 6.07. The van der Waals surface area contributed by atoms with Gasteiger partial charge in [0.2, 0.25) is 0 Å². The van der Waals surface area contributed by atoms with E-state index in [1.54, 1.807) is 0 Å². The van der Waals surface area contributed by atoms with Gasteiger partial charge in [-0.25, -0.2) is 0 Å². The van der Waals surface area contributed by atoms with E-state index in [0.29, 0.717) is 5.78 Å². The number of hydrogen-bond acceptors (Lipinski definition) is 2. The topological polar surface area (TPSA) is 29.1 Å². The quantitative estimate of drug-likeness (QED) is 0.636. The van der Waals surface area contributed by atoms with Crippen LogP contribution in [-0.4, -0.2) is 17.9 Å². The molecule has 14 heavy (non-hydrogen) atoms. The van der Waals surface area contributed by atoms with Gasteiger partial charge in [0, 0.05) is 18.4 Å². The summed E-state index contributed by atoms with van der Waals surface area (Å²) in [6, 6.07) is 0. The molecule has 1 aliphatic heterocycles. The predicted octanol–water partition coefficient (Wildman–Crippen LogP) is 1.89. The summed E-state index contributed by atoms with van der Waals surface area (Å²) in [6.45, 7) is 1.14. The molecule has 2 bridgehead atoms. The van der Waals surface area contributed by atoms with Crippen molar-refractivity contribution < 1.29 is 4.79 Å². The van der Waals surface area contributed by atoms with Gasteiger partial charge >= 0.3 is 0 Å². The summed E-state index contributed by atoms with van der Waals surface area (Å²) in [5.74, 6) is 2.06. The first kappa shape index (κ1) is 8.90. The Morgan fingerprint density at radius 3 is 3.14 bits per heavy atom. The largest absolute Gasteiger partial charge is 0.311 e. The number of piperidine rings is 1. The van der Waals surface area contributed by atoms with E-state index in [2.05, 4.69) is 5.32 Å². The lowest BCUT2D eigenvalue weighted by molar-refractivity contribution is -0.130. The van der Waals surface area contributed by atoms with E-state index in [9.17, 15) is 4.79 Å². The van der Waals surface area contributed by atoms with E-state index < -0.39 is 0 Å². The Morgan fingerprint density at radius 2 is 2.21 bits per heavy atom. The van der Waals surface area contributed by atoms with E-state index in [-0.39, 0.29) is 5.54 Å². The molecule has 1 heterocycles. The van der Waals surface area contributed by atoms with Crippen molar-refractivity contribution in [3.8, 4) is 0 Å². The second-order valence-corrected chi connectivity index (χ2v) is 5.40. The van der Waals surface area contributed by atoms with Crippen molar-refractivity contribution in [1.29, 1.82) is 0 Å². The number of Topliss-reactive ketones (excluding diaryl/α,β-unsaturated/α-hetero) is 1. The summed E-state index contributed by atoms with van der Waals surface area (Å²) in [5, 5.41) is 3.68. The lowest BCUT2D eigenvalue weighted by Crippen LogP contribution is -2.62. The van der Waals surface area contributed by atoms with Crippen LogP contribution in [0.4, 0.5) is 0 Å². The Morgan fingerprint density at radius 1 is 1.29 bits per heavy atom. The Balaban J connectivity index is 1.93. The highest BCUT2D eigenvalue weighted by Gasteiger charge is 2.51. The van der Waals surface area contributed by atoms with E-state index in [0.717, 1.165) is 31.2 Å². The van der Waals surface area contributed by atoms with Crippen molar-refractivity contribution in [1.82, 2.24) is 5.32 Å². The van der Waals surface area contributed by atoms with Crippen LogP contribution in [0.15, 0.2) is 0 Å². The Labute approximate surface area is 85.4 Å². The molecule has 0 amide bonds. The number of hydrogen-bond donors (Lipinski definition) is 1. The van der Waals surface area contributed by atoms with Crippen molar-refractivity contribution in [2.75, 3.05) is 6.54 Å². The summed E-state index contributed by atoms with van der Waals surface area (Å²) in [4.78, 5) is 11.7. The number of ketones is 1. The van der Waals surface area contributed by atoms with E-state index in [1.165, 1.54) is 32.1 Å². The fourth-order valence-electron chi connectivity index (χ4n) is 4.15. The van der Waals surface area contributed by atoms with Crippen LogP contribution in [0.1, 0.15) is 44.9 Å². The Bertz CT molecular complexity index is 259. The van der Waals surface area contributed by atoms with Crippen LogP contribution in [0.25, 0.3) is 0 Å².